The lowest BCUT2D eigenvalue weighted by molar-refractivity contribution is -0.116. The van der Waals surface area contributed by atoms with Crippen LogP contribution < -0.4 is 16.4 Å². The van der Waals surface area contributed by atoms with E-state index in [0.717, 1.165) is 12.0 Å². The summed E-state index contributed by atoms with van der Waals surface area (Å²) in [7, 11) is 0. The predicted molar refractivity (Wildman–Crippen MR) is 90.3 cm³/mol. The fourth-order valence-corrected chi connectivity index (χ4v) is 2.12. The van der Waals surface area contributed by atoms with Gasteiger partial charge in [0.1, 0.15) is 0 Å². The maximum absolute atomic E-state index is 12.1. The quantitative estimate of drug-likeness (QED) is 0.761. The van der Waals surface area contributed by atoms with Crippen molar-refractivity contribution in [1.29, 1.82) is 0 Å². The molecule has 1 aromatic heterocycles. The molecule has 6 heteroatoms. The first-order valence-electron chi connectivity index (χ1n) is 7.48. The lowest BCUT2D eigenvalue weighted by atomic mass is 10.1. The molecule has 120 valence electrons. The maximum atomic E-state index is 12.1. The summed E-state index contributed by atoms with van der Waals surface area (Å²) >= 11 is 0. The van der Waals surface area contributed by atoms with Gasteiger partial charge in [-0.2, -0.15) is 0 Å². The molecular formula is C17H20N4O2. The van der Waals surface area contributed by atoms with Crippen LogP contribution in [-0.4, -0.2) is 23.3 Å². The molecular weight excluding hydrogens is 292 g/mol. The number of rotatable bonds is 6. The summed E-state index contributed by atoms with van der Waals surface area (Å²) in [6.07, 6.45) is 4.14. The monoisotopic (exact) mass is 312 g/mol. The van der Waals surface area contributed by atoms with Crippen LogP contribution in [0.5, 0.6) is 0 Å². The largest absolute Gasteiger partial charge is 0.330 e. The molecule has 23 heavy (non-hydrogen) atoms. The van der Waals surface area contributed by atoms with Gasteiger partial charge < -0.3 is 16.4 Å². The molecule has 1 heterocycles. The number of nitrogens with two attached hydrogens (primary N) is 1. The van der Waals surface area contributed by atoms with Crippen LogP contribution in [0.1, 0.15) is 29.3 Å². The Morgan fingerprint density at radius 3 is 2.70 bits per heavy atom. The van der Waals surface area contributed by atoms with Crippen molar-refractivity contribution in [3.63, 3.8) is 0 Å². The second-order valence-electron chi connectivity index (χ2n) is 5.01. The number of hydrogen-bond acceptors (Lipinski definition) is 4. The topological polar surface area (TPSA) is 97.1 Å². The van der Waals surface area contributed by atoms with E-state index in [2.05, 4.69) is 15.6 Å². The third-order valence-corrected chi connectivity index (χ3v) is 3.32. The zero-order chi connectivity index (χ0) is 16.7. The van der Waals surface area contributed by atoms with Crippen molar-refractivity contribution < 1.29 is 9.59 Å². The average Bonchev–Trinajstić information content (AvgIpc) is 2.56. The van der Waals surface area contributed by atoms with Gasteiger partial charge in [0.15, 0.2) is 0 Å². The van der Waals surface area contributed by atoms with Crippen LogP contribution in [-0.2, 0) is 11.2 Å². The zero-order valence-corrected chi connectivity index (χ0v) is 13.0. The van der Waals surface area contributed by atoms with Crippen LogP contribution in [0.15, 0.2) is 42.7 Å². The highest BCUT2D eigenvalue weighted by atomic mass is 16.2. The molecule has 0 aliphatic heterocycles. The lowest BCUT2D eigenvalue weighted by Crippen LogP contribution is -2.17. The highest BCUT2D eigenvalue weighted by molar-refractivity contribution is 6.04. The van der Waals surface area contributed by atoms with Crippen LogP contribution in [0.4, 0.5) is 11.4 Å². The van der Waals surface area contributed by atoms with Crippen molar-refractivity contribution in [3.8, 4) is 0 Å². The number of hydrogen-bond donors (Lipinski definition) is 3. The number of benzene rings is 1. The van der Waals surface area contributed by atoms with E-state index in [0.29, 0.717) is 23.5 Å². The Morgan fingerprint density at radius 2 is 2.04 bits per heavy atom. The average molecular weight is 312 g/mol. The van der Waals surface area contributed by atoms with Crippen LogP contribution in [0, 0.1) is 0 Å². The number of carbonyl (C=O) groups excluding carboxylic acids is 2. The van der Waals surface area contributed by atoms with Crippen molar-refractivity contribution >= 4 is 23.2 Å². The van der Waals surface area contributed by atoms with Gasteiger partial charge in [-0.3, -0.25) is 14.6 Å². The van der Waals surface area contributed by atoms with E-state index in [-0.39, 0.29) is 18.2 Å². The molecule has 0 aliphatic rings. The molecule has 0 saturated carbocycles. The van der Waals surface area contributed by atoms with Gasteiger partial charge in [0.2, 0.25) is 5.91 Å². The van der Waals surface area contributed by atoms with Gasteiger partial charge in [0, 0.05) is 36.7 Å². The molecule has 1 aromatic carbocycles. The number of nitrogens with zero attached hydrogens (tertiary/aromatic N) is 1. The molecule has 0 unspecified atom stereocenters. The number of amides is 2. The van der Waals surface area contributed by atoms with E-state index >= 15 is 0 Å². The van der Waals surface area contributed by atoms with Crippen molar-refractivity contribution in [2.24, 2.45) is 5.73 Å². The number of aryl methyl sites for hydroxylation is 1. The molecule has 4 N–H and O–H groups in total. The maximum Gasteiger partial charge on any atom is 0.257 e. The van der Waals surface area contributed by atoms with Gasteiger partial charge in [0.25, 0.3) is 5.91 Å². The lowest BCUT2D eigenvalue weighted by Gasteiger charge is -2.12. The minimum atomic E-state index is -0.249. The Morgan fingerprint density at radius 1 is 1.22 bits per heavy atom. The molecule has 0 atom stereocenters. The Bertz CT molecular complexity index is 686. The third-order valence-electron chi connectivity index (χ3n) is 3.32. The second kappa shape index (κ2) is 8.05. The van der Waals surface area contributed by atoms with Crippen LogP contribution in [0.2, 0.25) is 0 Å². The minimum Gasteiger partial charge on any atom is -0.330 e. The van der Waals surface area contributed by atoms with Crippen LogP contribution in [0.3, 0.4) is 0 Å². The first-order chi connectivity index (χ1) is 11.1. The van der Waals surface area contributed by atoms with E-state index in [9.17, 15) is 9.59 Å². The molecule has 0 fully saturated rings. The van der Waals surface area contributed by atoms with Gasteiger partial charge in [-0.25, -0.2) is 0 Å². The van der Waals surface area contributed by atoms with Gasteiger partial charge in [-0.05, 0) is 36.2 Å². The van der Waals surface area contributed by atoms with E-state index in [1.807, 2.05) is 19.1 Å². The van der Waals surface area contributed by atoms with Crippen molar-refractivity contribution in [2.45, 2.75) is 19.8 Å². The molecule has 2 aromatic rings. The van der Waals surface area contributed by atoms with Crippen molar-refractivity contribution in [3.05, 3.63) is 53.9 Å². The van der Waals surface area contributed by atoms with E-state index < -0.39 is 0 Å². The van der Waals surface area contributed by atoms with E-state index in [1.54, 1.807) is 24.4 Å². The molecule has 6 nitrogen and oxygen atoms in total. The number of carbonyl (C=O) groups is 2. The zero-order valence-electron chi connectivity index (χ0n) is 13.0. The normalized spacial score (nSPS) is 10.2. The highest BCUT2D eigenvalue weighted by Crippen LogP contribution is 2.22. The second-order valence-corrected chi connectivity index (χ2v) is 5.01. The first-order valence-corrected chi connectivity index (χ1v) is 7.48. The summed E-state index contributed by atoms with van der Waals surface area (Å²) in [6, 6.07) is 8.84. The van der Waals surface area contributed by atoms with Crippen molar-refractivity contribution in [1.82, 2.24) is 4.98 Å². The summed E-state index contributed by atoms with van der Waals surface area (Å²) in [5, 5.41) is 5.63. The highest BCUT2D eigenvalue weighted by Gasteiger charge is 2.10. The van der Waals surface area contributed by atoms with Gasteiger partial charge >= 0.3 is 0 Å². The van der Waals surface area contributed by atoms with Crippen LogP contribution >= 0.6 is 0 Å². The standard InChI is InChI=1S/C17H20N4O2/c1-2-12-5-6-14(10-15(12)21-16(22)7-8-18)20-17(23)13-4-3-9-19-11-13/h3-6,9-11H,2,7-8,18H2,1H3,(H,20,23)(H,21,22). The van der Waals surface area contributed by atoms with Crippen LogP contribution in [0.25, 0.3) is 0 Å². The Balaban J connectivity index is 2.16. The summed E-state index contributed by atoms with van der Waals surface area (Å²) in [4.78, 5) is 27.8. The predicted octanol–water partition coefficient (Wildman–Crippen LogP) is 2.18. The molecule has 0 spiro atoms. The Labute approximate surface area is 135 Å². The molecule has 2 rings (SSSR count). The fourth-order valence-electron chi connectivity index (χ4n) is 2.12. The van der Waals surface area contributed by atoms with Gasteiger partial charge in [0.05, 0.1) is 5.56 Å². The number of nitrogens with one attached hydrogen (secondary N) is 2. The summed E-state index contributed by atoms with van der Waals surface area (Å²) in [5.74, 6) is -0.389. The molecule has 0 radical (unpaired) electrons. The van der Waals surface area contributed by atoms with Crippen molar-refractivity contribution in [2.75, 3.05) is 17.2 Å². The van der Waals surface area contributed by atoms with E-state index in [4.69, 9.17) is 5.73 Å². The Hall–Kier alpha value is -2.73. The molecule has 0 saturated heterocycles. The summed E-state index contributed by atoms with van der Waals surface area (Å²) in [5.41, 5.74) is 8.16. The number of anilines is 2. The smallest absolute Gasteiger partial charge is 0.257 e. The summed E-state index contributed by atoms with van der Waals surface area (Å²) in [6.45, 7) is 2.30. The summed E-state index contributed by atoms with van der Waals surface area (Å²) < 4.78 is 0. The number of pyridine rings is 1. The van der Waals surface area contributed by atoms with E-state index in [1.165, 1.54) is 6.20 Å². The fraction of sp³-hybridized carbons (Fsp3) is 0.235. The first kappa shape index (κ1) is 16.6. The van der Waals surface area contributed by atoms with Gasteiger partial charge in [-0.1, -0.05) is 13.0 Å². The number of aromatic nitrogens is 1. The molecule has 0 aliphatic carbocycles. The van der Waals surface area contributed by atoms with Gasteiger partial charge in [-0.15, -0.1) is 0 Å². The molecule has 2 amide bonds. The minimum absolute atomic E-state index is 0.141. The SMILES string of the molecule is CCc1ccc(NC(=O)c2cccnc2)cc1NC(=O)CCN. The molecule has 0 bridgehead atoms. The Kier molecular flexibility index (Phi) is 5.82. The third kappa shape index (κ3) is 4.62.